The molecule has 0 saturated carbocycles. The molecule has 2 N–H and O–H groups in total. The highest BCUT2D eigenvalue weighted by molar-refractivity contribution is 9.35. The zero-order valence-electron chi connectivity index (χ0n) is 5.95. The molecule has 0 aromatic carbocycles. The zero-order chi connectivity index (χ0) is 10.2. The summed E-state index contributed by atoms with van der Waals surface area (Å²) in [4.78, 5) is 21.3. The molecule has 0 aliphatic rings. The van der Waals surface area contributed by atoms with Crippen LogP contribution < -0.4 is 0 Å². The molecular formula is C6H3Br2O4S+. The number of thiophene rings is 1. The molecule has 70 valence electrons. The Kier molecular flexibility index (Phi) is 3.09. The average Bonchev–Trinajstić information content (AvgIpc) is 2.28. The topological polar surface area (TPSA) is 74.6 Å². The Labute approximate surface area is 91.5 Å². The van der Waals surface area contributed by atoms with Gasteiger partial charge in [0.05, 0.1) is 8.90 Å². The summed E-state index contributed by atoms with van der Waals surface area (Å²) in [5.74, 6) is -2.47. The van der Waals surface area contributed by atoms with Gasteiger partial charge in [-0.15, -0.1) is 0 Å². The quantitative estimate of drug-likeness (QED) is 0.818. The van der Waals surface area contributed by atoms with E-state index in [4.69, 9.17) is 10.2 Å². The predicted octanol–water partition coefficient (Wildman–Crippen LogP) is 2.75. The fourth-order valence-electron chi connectivity index (χ4n) is 0.774. The molecule has 1 rings (SSSR count). The van der Waals surface area contributed by atoms with Crippen LogP contribution in [0.5, 0.6) is 0 Å². The van der Waals surface area contributed by atoms with Crippen LogP contribution in [0.25, 0.3) is 0 Å². The van der Waals surface area contributed by atoms with E-state index in [0.29, 0.717) is 3.79 Å². The van der Waals surface area contributed by atoms with Crippen molar-refractivity contribution < 1.29 is 19.8 Å². The average molecular weight is 331 g/mol. The molecule has 7 heteroatoms. The number of carboxylic acid groups (broad SMARTS) is 2. The van der Waals surface area contributed by atoms with E-state index in [1.54, 1.807) is 0 Å². The third kappa shape index (κ3) is 1.92. The second-order valence-electron chi connectivity index (χ2n) is 2.07. The van der Waals surface area contributed by atoms with Gasteiger partial charge in [-0.1, -0.05) is 0 Å². The third-order valence-corrected chi connectivity index (χ3v) is 6.57. The summed E-state index contributed by atoms with van der Waals surface area (Å²) in [6, 6.07) is 0. The molecule has 1 unspecified atom stereocenters. The Bertz CT molecular complexity index is 384. The Morgan fingerprint density at radius 1 is 1.31 bits per heavy atom. The number of carbonyl (C=O) groups is 2. The van der Waals surface area contributed by atoms with Crippen LogP contribution in [0.1, 0.15) is 20.7 Å². The molecule has 0 amide bonds. The predicted molar refractivity (Wildman–Crippen MR) is 54.9 cm³/mol. The molecular weight excluding hydrogens is 328 g/mol. The molecule has 0 aliphatic heterocycles. The monoisotopic (exact) mass is 329 g/mol. The van der Waals surface area contributed by atoms with Crippen molar-refractivity contribution in [3.63, 3.8) is 0 Å². The van der Waals surface area contributed by atoms with Gasteiger partial charge in [-0.3, -0.25) is 0 Å². The number of carboxylic acids is 2. The largest absolute Gasteiger partial charge is 0.477 e. The van der Waals surface area contributed by atoms with Gasteiger partial charge < -0.3 is 10.2 Å². The van der Waals surface area contributed by atoms with Gasteiger partial charge in [0.1, 0.15) is 11.1 Å². The van der Waals surface area contributed by atoms with Crippen LogP contribution in [0.3, 0.4) is 0 Å². The standard InChI is InChI=1S/C6H2Br2O4S/c7-4-3(6(11)12)2(5(9)10)1-13(4)8/h1H,(H-,9,10,11,12)/p+1. The van der Waals surface area contributed by atoms with Crippen LogP contribution in [0.4, 0.5) is 0 Å². The van der Waals surface area contributed by atoms with E-state index in [-0.39, 0.29) is 11.1 Å². The van der Waals surface area contributed by atoms with Crippen LogP contribution >= 0.6 is 39.6 Å². The SMILES string of the molecule is O=C(O)c1c[s+](Br)c(Br)c1C(=O)O. The molecule has 0 aliphatic carbocycles. The number of aromatic carboxylic acids is 2. The van der Waals surface area contributed by atoms with Gasteiger partial charge in [0.25, 0.3) is 14.8 Å². The molecule has 0 bridgehead atoms. The van der Waals surface area contributed by atoms with Crippen LogP contribution in [-0.4, -0.2) is 22.2 Å². The summed E-state index contributed by atoms with van der Waals surface area (Å²) in [5, 5.41) is 18.7. The highest BCUT2D eigenvalue weighted by Gasteiger charge is 2.30. The summed E-state index contributed by atoms with van der Waals surface area (Å²) in [6.07, 6.45) is 0. The molecule has 1 aromatic rings. The van der Waals surface area contributed by atoms with E-state index in [0.717, 1.165) is 0 Å². The van der Waals surface area contributed by atoms with E-state index in [1.807, 2.05) is 0 Å². The van der Waals surface area contributed by atoms with Crippen LogP contribution in [0.15, 0.2) is 9.17 Å². The first-order chi connectivity index (χ1) is 5.95. The maximum absolute atomic E-state index is 10.7. The first-order valence-corrected chi connectivity index (χ1v) is 6.85. The minimum atomic E-state index is -1.24. The third-order valence-electron chi connectivity index (χ3n) is 1.30. The molecule has 1 atom stereocenters. The minimum Gasteiger partial charge on any atom is -0.477 e. The number of hydrogen-bond donors (Lipinski definition) is 2. The van der Waals surface area contributed by atoms with E-state index < -0.39 is 20.8 Å². The second-order valence-corrected chi connectivity index (χ2v) is 6.70. The van der Waals surface area contributed by atoms with Crippen molar-refractivity contribution in [2.75, 3.05) is 0 Å². The van der Waals surface area contributed by atoms with Crippen molar-refractivity contribution in [2.45, 2.75) is 0 Å². The van der Waals surface area contributed by atoms with E-state index in [9.17, 15) is 9.59 Å². The normalized spacial score (nSPS) is 11.4. The Morgan fingerprint density at radius 2 is 1.85 bits per heavy atom. The van der Waals surface area contributed by atoms with Crippen molar-refractivity contribution in [3.8, 4) is 0 Å². The van der Waals surface area contributed by atoms with Crippen molar-refractivity contribution in [3.05, 3.63) is 20.3 Å². The van der Waals surface area contributed by atoms with Crippen LogP contribution in [0.2, 0.25) is 0 Å². The number of halogens is 2. The summed E-state index contributed by atoms with van der Waals surface area (Å²) >= 11 is 6.17. The van der Waals surface area contributed by atoms with E-state index >= 15 is 0 Å². The maximum Gasteiger partial charge on any atom is 0.342 e. The zero-order valence-corrected chi connectivity index (χ0v) is 9.94. The summed E-state index contributed by atoms with van der Waals surface area (Å²) in [7, 11) is -0.634. The second kappa shape index (κ2) is 3.77. The lowest BCUT2D eigenvalue weighted by Gasteiger charge is -1.88. The van der Waals surface area contributed by atoms with Crippen molar-refractivity contribution in [1.29, 1.82) is 0 Å². The Balaban J connectivity index is 3.44. The molecule has 0 saturated heterocycles. The molecule has 0 radical (unpaired) electrons. The summed E-state index contributed by atoms with van der Waals surface area (Å²) in [6.45, 7) is 0. The van der Waals surface area contributed by atoms with Gasteiger partial charge in [0.2, 0.25) is 3.79 Å². The van der Waals surface area contributed by atoms with Gasteiger partial charge in [-0.2, -0.15) is 0 Å². The van der Waals surface area contributed by atoms with Crippen molar-refractivity contribution >= 4 is 51.6 Å². The molecule has 1 aromatic heterocycles. The lowest BCUT2D eigenvalue weighted by molar-refractivity contribution is 0.0652. The summed E-state index contributed by atoms with van der Waals surface area (Å²) < 4.78 is 0.359. The highest BCUT2D eigenvalue weighted by atomic mass is 79.9. The summed E-state index contributed by atoms with van der Waals surface area (Å²) in [5.41, 5.74) is -0.368. The Hall–Kier alpha value is -0.400. The smallest absolute Gasteiger partial charge is 0.342 e. The number of hydrogen-bond acceptors (Lipinski definition) is 2. The lowest BCUT2D eigenvalue weighted by atomic mass is 10.2. The van der Waals surface area contributed by atoms with Crippen molar-refractivity contribution in [1.82, 2.24) is 0 Å². The highest BCUT2D eigenvalue weighted by Crippen LogP contribution is 2.42. The van der Waals surface area contributed by atoms with Gasteiger partial charge in [-0.25, -0.2) is 9.59 Å². The molecule has 1 heterocycles. The van der Waals surface area contributed by atoms with E-state index in [2.05, 4.69) is 30.7 Å². The molecule has 0 fully saturated rings. The molecule has 4 nitrogen and oxygen atoms in total. The van der Waals surface area contributed by atoms with E-state index in [1.165, 1.54) is 5.38 Å². The Morgan fingerprint density at radius 3 is 2.15 bits per heavy atom. The van der Waals surface area contributed by atoms with Gasteiger partial charge in [0, 0.05) is 15.9 Å². The van der Waals surface area contributed by atoms with Gasteiger partial charge >= 0.3 is 11.9 Å². The van der Waals surface area contributed by atoms with Crippen molar-refractivity contribution in [2.24, 2.45) is 0 Å². The molecule has 13 heavy (non-hydrogen) atoms. The fraction of sp³-hybridized carbons (Fsp3) is 0. The van der Waals surface area contributed by atoms with Crippen LogP contribution in [-0.2, 0) is 0 Å². The maximum atomic E-state index is 10.7. The fourth-order valence-corrected chi connectivity index (χ4v) is 3.41. The number of rotatable bonds is 2. The minimum absolute atomic E-state index is 0.181. The lowest BCUT2D eigenvalue weighted by Crippen LogP contribution is -2.04. The molecule has 0 spiro atoms. The van der Waals surface area contributed by atoms with Gasteiger partial charge in [-0.05, 0) is 0 Å². The first kappa shape index (κ1) is 10.7. The first-order valence-electron chi connectivity index (χ1n) is 2.93. The van der Waals surface area contributed by atoms with Crippen LogP contribution in [0, 0.1) is 0 Å². The van der Waals surface area contributed by atoms with Gasteiger partial charge in [0.15, 0.2) is 5.38 Å².